The van der Waals surface area contributed by atoms with Crippen LogP contribution >= 0.6 is 0 Å². The molecule has 0 saturated heterocycles. The fourth-order valence-corrected chi connectivity index (χ4v) is 2.80. The normalized spacial score (nSPS) is 18.1. The number of rotatable bonds is 10. The van der Waals surface area contributed by atoms with Gasteiger partial charge in [-0.05, 0) is 44.1 Å². The maximum atomic E-state index is 5.66. The summed E-state index contributed by atoms with van der Waals surface area (Å²) in [6.45, 7) is 2.97. The van der Waals surface area contributed by atoms with Gasteiger partial charge in [0.05, 0.1) is 0 Å². The molecule has 0 amide bonds. The summed E-state index contributed by atoms with van der Waals surface area (Å²) in [5.74, 6) is 2.70. The number of hydrogen-bond donors (Lipinski definition) is 1. The molecule has 1 aliphatic rings. The molecule has 1 fully saturated rings. The maximum Gasteiger partial charge on any atom is 0.226 e. The van der Waals surface area contributed by atoms with E-state index in [9.17, 15) is 0 Å². The van der Waals surface area contributed by atoms with Crippen molar-refractivity contribution < 1.29 is 9.26 Å². The SMILES string of the molecule is CCCC(CCN)CCc1nc(C(OC)C2CC2)no1. The first-order chi connectivity index (χ1) is 9.78. The predicted octanol–water partition coefficient (Wildman–Crippen LogP) is 2.86. The molecule has 0 aliphatic heterocycles. The molecule has 2 unspecified atom stereocenters. The van der Waals surface area contributed by atoms with Gasteiger partial charge in [-0.3, -0.25) is 0 Å². The van der Waals surface area contributed by atoms with Crippen LogP contribution in [0.25, 0.3) is 0 Å². The van der Waals surface area contributed by atoms with E-state index in [1.807, 2.05) is 0 Å². The van der Waals surface area contributed by atoms with Gasteiger partial charge in [0.25, 0.3) is 0 Å². The maximum absolute atomic E-state index is 5.66. The number of nitrogens with two attached hydrogens (primary N) is 1. The number of hydrogen-bond acceptors (Lipinski definition) is 5. The largest absolute Gasteiger partial charge is 0.373 e. The van der Waals surface area contributed by atoms with E-state index in [1.165, 1.54) is 25.7 Å². The number of methoxy groups -OCH3 is 1. The number of aromatic nitrogens is 2. The van der Waals surface area contributed by atoms with Gasteiger partial charge in [0.2, 0.25) is 11.7 Å². The first-order valence-corrected chi connectivity index (χ1v) is 7.83. The van der Waals surface area contributed by atoms with Crippen molar-refractivity contribution >= 4 is 0 Å². The van der Waals surface area contributed by atoms with Gasteiger partial charge in [0.1, 0.15) is 6.10 Å². The summed E-state index contributed by atoms with van der Waals surface area (Å²) in [6, 6.07) is 0. The zero-order valence-corrected chi connectivity index (χ0v) is 12.7. The Balaban J connectivity index is 1.85. The lowest BCUT2D eigenvalue weighted by molar-refractivity contribution is 0.0751. The van der Waals surface area contributed by atoms with E-state index in [2.05, 4.69) is 17.1 Å². The summed E-state index contributed by atoms with van der Waals surface area (Å²) in [7, 11) is 1.72. The van der Waals surface area contributed by atoms with Crippen LogP contribution in [-0.2, 0) is 11.2 Å². The predicted molar refractivity (Wildman–Crippen MR) is 77.2 cm³/mol. The Morgan fingerprint density at radius 1 is 1.35 bits per heavy atom. The van der Waals surface area contributed by atoms with Crippen molar-refractivity contribution in [2.75, 3.05) is 13.7 Å². The van der Waals surface area contributed by atoms with E-state index in [0.717, 1.165) is 37.5 Å². The molecule has 1 saturated carbocycles. The van der Waals surface area contributed by atoms with E-state index in [0.29, 0.717) is 11.8 Å². The molecule has 2 atom stereocenters. The first kappa shape index (κ1) is 15.4. The highest BCUT2D eigenvalue weighted by Gasteiger charge is 2.35. The van der Waals surface area contributed by atoms with Crippen LogP contribution in [0.4, 0.5) is 0 Å². The van der Waals surface area contributed by atoms with Crippen LogP contribution in [0.3, 0.4) is 0 Å². The van der Waals surface area contributed by atoms with Gasteiger partial charge in [-0.15, -0.1) is 0 Å². The van der Waals surface area contributed by atoms with Gasteiger partial charge in [-0.1, -0.05) is 24.9 Å². The molecule has 1 aliphatic carbocycles. The Morgan fingerprint density at radius 2 is 2.15 bits per heavy atom. The van der Waals surface area contributed by atoms with Crippen LogP contribution in [-0.4, -0.2) is 23.8 Å². The standard InChI is InChI=1S/C15H27N3O2/c1-3-4-11(9-10-16)5-8-13-17-15(18-20-13)14(19-2)12-6-7-12/h11-12,14H,3-10,16H2,1-2H3. The second kappa shape index (κ2) is 7.74. The molecule has 0 aromatic carbocycles. The monoisotopic (exact) mass is 281 g/mol. The lowest BCUT2D eigenvalue weighted by Crippen LogP contribution is -2.10. The van der Waals surface area contributed by atoms with Crippen LogP contribution in [0.1, 0.15) is 63.3 Å². The van der Waals surface area contributed by atoms with Gasteiger partial charge < -0.3 is 15.0 Å². The van der Waals surface area contributed by atoms with Gasteiger partial charge in [0.15, 0.2) is 0 Å². The third kappa shape index (κ3) is 4.28. The average molecular weight is 281 g/mol. The van der Waals surface area contributed by atoms with Crippen molar-refractivity contribution in [2.24, 2.45) is 17.6 Å². The molecule has 2 rings (SSSR count). The van der Waals surface area contributed by atoms with Crippen molar-refractivity contribution in [1.82, 2.24) is 10.1 Å². The van der Waals surface area contributed by atoms with Crippen LogP contribution < -0.4 is 5.73 Å². The van der Waals surface area contributed by atoms with Crippen molar-refractivity contribution in [1.29, 1.82) is 0 Å². The van der Waals surface area contributed by atoms with Crippen LogP contribution in [0.5, 0.6) is 0 Å². The quantitative estimate of drug-likeness (QED) is 0.713. The summed E-state index contributed by atoms with van der Waals surface area (Å²) in [5, 5.41) is 4.08. The summed E-state index contributed by atoms with van der Waals surface area (Å²) in [5.41, 5.74) is 5.66. The topological polar surface area (TPSA) is 74.2 Å². The molecule has 0 spiro atoms. The van der Waals surface area contributed by atoms with Crippen molar-refractivity contribution in [3.63, 3.8) is 0 Å². The minimum atomic E-state index is 0.0166. The molecule has 5 heteroatoms. The zero-order chi connectivity index (χ0) is 14.4. The van der Waals surface area contributed by atoms with E-state index in [-0.39, 0.29) is 6.10 Å². The summed E-state index contributed by atoms with van der Waals surface area (Å²) >= 11 is 0. The van der Waals surface area contributed by atoms with Crippen LogP contribution in [0.15, 0.2) is 4.52 Å². The average Bonchev–Trinajstić information content (AvgIpc) is 3.16. The molecule has 5 nitrogen and oxygen atoms in total. The van der Waals surface area contributed by atoms with Crippen molar-refractivity contribution in [3.8, 4) is 0 Å². The number of aryl methyl sites for hydroxylation is 1. The van der Waals surface area contributed by atoms with Crippen molar-refractivity contribution in [3.05, 3.63) is 11.7 Å². The Morgan fingerprint density at radius 3 is 2.75 bits per heavy atom. The van der Waals surface area contributed by atoms with Crippen LogP contribution in [0.2, 0.25) is 0 Å². The second-order valence-corrected chi connectivity index (χ2v) is 5.81. The molecule has 0 bridgehead atoms. The smallest absolute Gasteiger partial charge is 0.226 e. The second-order valence-electron chi connectivity index (χ2n) is 5.81. The fourth-order valence-electron chi connectivity index (χ4n) is 2.80. The van der Waals surface area contributed by atoms with Crippen molar-refractivity contribution in [2.45, 2.75) is 58.0 Å². The highest BCUT2D eigenvalue weighted by atomic mass is 16.5. The minimum Gasteiger partial charge on any atom is -0.373 e. The molecule has 1 aromatic heterocycles. The fraction of sp³-hybridized carbons (Fsp3) is 0.867. The van der Waals surface area contributed by atoms with Gasteiger partial charge in [-0.25, -0.2) is 0 Å². The molecule has 20 heavy (non-hydrogen) atoms. The molecule has 1 heterocycles. The highest BCUT2D eigenvalue weighted by Crippen LogP contribution is 2.41. The minimum absolute atomic E-state index is 0.0166. The Kier molecular flexibility index (Phi) is 5.98. The van der Waals surface area contributed by atoms with E-state index < -0.39 is 0 Å². The Labute approximate surface area is 121 Å². The van der Waals surface area contributed by atoms with E-state index in [4.69, 9.17) is 15.0 Å². The Bertz CT molecular complexity index is 384. The third-order valence-corrected chi connectivity index (χ3v) is 4.08. The molecular formula is C15H27N3O2. The van der Waals surface area contributed by atoms with Gasteiger partial charge >= 0.3 is 0 Å². The molecule has 2 N–H and O–H groups in total. The summed E-state index contributed by atoms with van der Waals surface area (Å²) < 4.78 is 10.8. The lowest BCUT2D eigenvalue weighted by atomic mass is 9.94. The van der Waals surface area contributed by atoms with Crippen LogP contribution in [0, 0.1) is 11.8 Å². The first-order valence-electron chi connectivity index (χ1n) is 7.83. The molecule has 0 radical (unpaired) electrons. The number of nitrogens with zero attached hydrogens (tertiary/aromatic N) is 2. The zero-order valence-electron chi connectivity index (χ0n) is 12.7. The summed E-state index contributed by atoms with van der Waals surface area (Å²) in [6.07, 6.45) is 7.86. The molecule has 114 valence electrons. The molecule has 1 aromatic rings. The van der Waals surface area contributed by atoms with Gasteiger partial charge in [-0.2, -0.15) is 4.98 Å². The Hall–Kier alpha value is -0.940. The van der Waals surface area contributed by atoms with E-state index in [1.54, 1.807) is 7.11 Å². The lowest BCUT2D eigenvalue weighted by Gasteiger charge is -2.13. The summed E-state index contributed by atoms with van der Waals surface area (Å²) in [4.78, 5) is 4.50. The van der Waals surface area contributed by atoms with Gasteiger partial charge in [0, 0.05) is 13.5 Å². The van der Waals surface area contributed by atoms with E-state index >= 15 is 0 Å². The highest BCUT2D eigenvalue weighted by molar-refractivity contribution is 4.98. The number of ether oxygens (including phenoxy) is 1. The molecular weight excluding hydrogens is 254 g/mol. The third-order valence-electron chi connectivity index (χ3n) is 4.08.